The maximum absolute atomic E-state index is 5.88. The Balaban J connectivity index is 1.78. The zero-order chi connectivity index (χ0) is 14.0. The molecule has 0 amide bonds. The second-order valence-corrected chi connectivity index (χ2v) is 6.16. The Labute approximate surface area is 121 Å². The SMILES string of the molecule is CCNCC1(CC2COc3ccccc32)CCOC1C. The van der Waals surface area contributed by atoms with Gasteiger partial charge in [0.1, 0.15) is 5.75 Å². The van der Waals surface area contributed by atoms with E-state index in [4.69, 9.17) is 9.47 Å². The zero-order valence-electron chi connectivity index (χ0n) is 12.5. The van der Waals surface area contributed by atoms with Crippen molar-refractivity contribution in [1.29, 1.82) is 0 Å². The molecule has 1 aromatic carbocycles. The van der Waals surface area contributed by atoms with Gasteiger partial charge in [-0.1, -0.05) is 25.1 Å². The van der Waals surface area contributed by atoms with Crippen LogP contribution >= 0.6 is 0 Å². The van der Waals surface area contributed by atoms with Crippen LogP contribution in [0.25, 0.3) is 0 Å². The molecule has 0 saturated carbocycles. The van der Waals surface area contributed by atoms with Crippen molar-refractivity contribution >= 4 is 0 Å². The lowest BCUT2D eigenvalue weighted by Crippen LogP contribution is -2.40. The van der Waals surface area contributed by atoms with E-state index in [2.05, 4.69) is 43.4 Å². The molecule has 3 unspecified atom stereocenters. The van der Waals surface area contributed by atoms with E-state index >= 15 is 0 Å². The fourth-order valence-corrected chi connectivity index (χ4v) is 3.65. The monoisotopic (exact) mass is 275 g/mol. The second-order valence-electron chi connectivity index (χ2n) is 6.16. The summed E-state index contributed by atoms with van der Waals surface area (Å²) in [5.74, 6) is 1.58. The summed E-state index contributed by atoms with van der Waals surface area (Å²) in [5.41, 5.74) is 1.63. The number of fused-ring (bicyclic) bond motifs is 1. The number of hydrogen-bond donors (Lipinski definition) is 1. The average Bonchev–Trinajstić information content (AvgIpc) is 3.03. The molecule has 2 aliphatic rings. The van der Waals surface area contributed by atoms with Crippen LogP contribution in [0.1, 0.15) is 38.2 Å². The smallest absolute Gasteiger partial charge is 0.122 e. The number of hydrogen-bond acceptors (Lipinski definition) is 3. The summed E-state index contributed by atoms with van der Waals surface area (Å²) >= 11 is 0. The van der Waals surface area contributed by atoms with E-state index in [9.17, 15) is 0 Å². The summed E-state index contributed by atoms with van der Waals surface area (Å²) < 4.78 is 11.7. The summed E-state index contributed by atoms with van der Waals surface area (Å²) in [6, 6.07) is 8.47. The van der Waals surface area contributed by atoms with Crippen molar-refractivity contribution in [2.75, 3.05) is 26.3 Å². The fraction of sp³-hybridized carbons (Fsp3) is 0.647. The molecule has 3 heteroatoms. The van der Waals surface area contributed by atoms with Gasteiger partial charge in [-0.15, -0.1) is 0 Å². The maximum atomic E-state index is 5.88. The summed E-state index contributed by atoms with van der Waals surface area (Å²) in [6.45, 7) is 8.17. The first-order chi connectivity index (χ1) is 9.75. The third kappa shape index (κ3) is 2.45. The number of para-hydroxylation sites is 1. The Hall–Kier alpha value is -1.06. The lowest BCUT2D eigenvalue weighted by molar-refractivity contribution is 0.0534. The maximum Gasteiger partial charge on any atom is 0.122 e. The van der Waals surface area contributed by atoms with Gasteiger partial charge in [0, 0.05) is 30.0 Å². The highest BCUT2D eigenvalue weighted by atomic mass is 16.5. The first-order valence-corrected chi connectivity index (χ1v) is 7.79. The van der Waals surface area contributed by atoms with Crippen LogP contribution in [0, 0.1) is 5.41 Å². The normalized spacial score (nSPS) is 32.1. The van der Waals surface area contributed by atoms with Gasteiger partial charge in [-0.2, -0.15) is 0 Å². The van der Waals surface area contributed by atoms with E-state index in [1.165, 1.54) is 5.56 Å². The van der Waals surface area contributed by atoms with Gasteiger partial charge < -0.3 is 14.8 Å². The van der Waals surface area contributed by atoms with Gasteiger partial charge in [0.15, 0.2) is 0 Å². The van der Waals surface area contributed by atoms with Crippen molar-refractivity contribution in [3.05, 3.63) is 29.8 Å². The van der Waals surface area contributed by atoms with E-state index in [-0.39, 0.29) is 5.41 Å². The minimum absolute atomic E-state index is 0.251. The highest BCUT2D eigenvalue weighted by Crippen LogP contribution is 2.46. The van der Waals surface area contributed by atoms with E-state index in [1.807, 2.05) is 0 Å². The van der Waals surface area contributed by atoms with Gasteiger partial charge in [0.2, 0.25) is 0 Å². The average molecular weight is 275 g/mol. The predicted octanol–water partition coefficient (Wildman–Crippen LogP) is 2.96. The number of benzene rings is 1. The molecule has 20 heavy (non-hydrogen) atoms. The Morgan fingerprint density at radius 1 is 1.35 bits per heavy atom. The Bertz CT molecular complexity index is 462. The molecule has 0 aliphatic carbocycles. The van der Waals surface area contributed by atoms with Crippen LogP contribution < -0.4 is 10.1 Å². The third-order valence-electron chi connectivity index (χ3n) is 5.01. The van der Waals surface area contributed by atoms with E-state index in [1.54, 1.807) is 0 Å². The van der Waals surface area contributed by atoms with Crippen LogP contribution in [0.15, 0.2) is 24.3 Å². The van der Waals surface area contributed by atoms with Crippen molar-refractivity contribution in [2.45, 2.75) is 38.7 Å². The molecule has 1 aromatic rings. The number of rotatable bonds is 5. The molecule has 3 rings (SSSR count). The molecule has 2 heterocycles. The van der Waals surface area contributed by atoms with Crippen molar-refractivity contribution < 1.29 is 9.47 Å². The molecule has 3 atom stereocenters. The molecule has 2 aliphatic heterocycles. The topological polar surface area (TPSA) is 30.5 Å². The van der Waals surface area contributed by atoms with Crippen LogP contribution in [-0.2, 0) is 4.74 Å². The highest BCUT2D eigenvalue weighted by molar-refractivity contribution is 5.39. The lowest BCUT2D eigenvalue weighted by atomic mass is 9.73. The molecular weight excluding hydrogens is 250 g/mol. The molecule has 0 bridgehead atoms. The quantitative estimate of drug-likeness (QED) is 0.896. The minimum Gasteiger partial charge on any atom is -0.493 e. The summed E-state index contributed by atoms with van der Waals surface area (Å²) in [7, 11) is 0. The standard InChI is InChI=1S/C17H25NO2/c1-3-18-12-17(8-9-19-13(17)2)10-14-11-20-16-7-5-4-6-15(14)16/h4-7,13-14,18H,3,8-12H2,1-2H3. The van der Waals surface area contributed by atoms with Crippen molar-refractivity contribution in [1.82, 2.24) is 5.32 Å². The summed E-state index contributed by atoms with van der Waals surface area (Å²) in [6.07, 6.45) is 2.63. The first-order valence-electron chi connectivity index (χ1n) is 7.79. The van der Waals surface area contributed by atoms with Gasteiger partial charge >= 0.3 is 0 Å². The third-order valence-corrected chi connectivity index (χ3v) is 5.01. The summed E-state index contributed by atoms with van der Waals surface area (Å²) in [4.78, 5) is 0. The molecule has 110 valence electrons. The minimum atomic E-state index is 0.251. The van der Waals surface area contributed by atoms with Crippen LogP contribution in [0.4, 0.5) is 0 Å². The molecule has 1 N–H and O–H groups in total. The van der Waals surface area contributed by atoms with Crippen LogP contribution in [0.5, 0.6) is 5.75 Å². The van der Waals surface area contributed by atoms with E-state index in [0.717, 1.165) is 44.9 Å². The largest absolute Gasteiger partial charge is 0.493 e. The van der Waals surface area contributed by atoms with Crippen LogP contribution in [-0.4, -0.2) is 32.4 Å². The van der Waals surface area contributed by atoms with Gasteiger partial charge in [-0.05, 0) is 32.4 Å². The molecule has 0 aromatic heterocycles. The van der Waals surface area contributed by atoms with Crippen molar-refractivity contribution in [3.63, 3.8) is 0 Å². The highest BCUT2D eigenvalue weighted by Gasteiger charge is 2.44. The van der Waals surface area contributed by atoms with E-state index < -0.39 is 0 Å². The second kappa shape index (κ2) is 5.74. The van der Waals surface area contributed by atoms with Gasteiger partial charge in [0.25, 0.3) is 0 Å². The van der Waals surface area contributed by atoms with Gasteiger partial charge in [-0.25, -0.2) is 0 Å². The lowest BCUT2D eigenvalue weighted by Gasteiger charge is -2.34. The van der Waals surface area contributed by atoms with Crippen molar-refractivity contribution in [3.8, 4) is 5.75 Å². The van der Waals surface area contributed by atoms with Gasteiger partial charge in [0.05, 0.1) is 12.7 Å². The van der Waals surface area contributed by atoms with Crippen LogP contribution in [0.3, 0.4) is 0 Å². The van der Waals surface area contributed by atoms with E-state index in [0.29, 0.717) is 12.0 Å². The van der Waals surface area contributed by atoms with Crippen molar-refractivity contribution in [2.24, 2.45) is 5.41 Å². The van der Waals surface area contributed by atoms with Gasteiger partial charge in [-0.3, -0.25) is 0 Å². The molecule has 1 saturated heterocycles. The molecule has 0 spiro atoms. The predicted molar refractivity (Wildman–Crippen MR) is 80.3 cm³/mol. The molecular formula is C17H25NO2. The molecule has 0 radical (unpaired) electrons. The van der Waals surface area contributed by atoms with Crippen LogP contribution in [0.2, 0.25) is 0 Å². The Morgan fingerprint density at radius 3 is 2.95 bits per heavy atom. The summed E-state index contributed by atoms with van der Waals surface area (Å²) in [5, 5.41) is 3.54. The molecule has 3 nitrogen and oxygen atoms in total. The first kappa shape index (κ1) is 13.9. The Morgan fingerprint density at radius 2 is 2.20 bits per heavy atom. The number of ether oxygens (including phenoxy) is 2. The molecule has 1 fully saturated rings. The fourth-order valence-electron chi connectivity index (χ4n) is 3.65. The Kier molecular flexibility index (Phi) is 3.99. The zero-order valence-corrected chi connectivity index (χ0v) is 12.5. The number of nitrogens with one attached hydrogen (secondary N) is 1.